The molecule has 2 aromatic rings. The van der Waals surface area contributed by atoms with E-state index < -0.39 is 11.6 Å². The highest BCUT2D eigenvalue weighted by Gasteiger charge is 2.41. The molecule has 1 aliphatic heterocycles. The van der Waals surface area contributed by atoms with Gasteiger partial charge in [-0.2, -0.15) is 0 Å². The second-order valence-corrected chi connectivity index (χ2v) is 7.36. The largest absolute Gasteiger partial charge is 0.478 e. The molecule has 7 nitrogen and oxygen atoms in total. The van der Waals surface area contributed by atoms with Crippen molar-refractivity contribution in [3.8, 4) is 5.75 Å². The molecule has 28 heavy (non-hydrogen) atoms. The first-order valence-corrected chi connectivity index (χ1v) is 8.84. The summed E-state index contributed by atoms with van der Waals surface area (Å²) in [7, 11) is 0. The average Bonchev–Trinajstić information content (AvgIpc) is 2.61. The van der Waals surface area contributed by atoms with Gasteiger partial charge in [0.2, 0.25) is 5.91 Å². The number of hydrogen-bond donors (Lipinski definition) is 2. The number of rotatable bonds is 4. The van der Waals surface area contributed by atoms with Crippen LogP contribution in [0.15, 0.2) is 36.4 Å². The predicted octanol–water partition coefficient (Wildman–Crippen LogP) is 3.14. The van der Waals surface area contributed by atoms with E-state index in [-0.39, 0.29) is 29.7 Å². The number of hydrogen-bond acceptors (Lipinski definition) is 4. The lowest BCUT2D eigenvalue weighted by Gasteiger charge is -2.38. The summed E-state index contributed by atoms with van der Waals surface area (Å²) in [5.41, 5.74) is 1.81. The first-order valence-electron chi connectivity index (χ1n) is 8.84. The number of carboxylic acids is 1. The Morgan fingerprint density at radius 1 is 1.14 bits per heavy atom. The summed E-state index contributed by atoms with van der Waals surface area (Å²) in [6, 6.07) is 9.96. The summed E-state index contributed by atoms with van der Waals surface area (Å²) >= 11 is 0. The van der Waals surface area contributed by atoms with Gasteiger partial charge < -0.3 is 15.2 Å². The fourth-order valence-electron chi connectivity index (χ4n) is 3.07. The van der Waals surface area contributed by atoms with Crippen molar-refractivity contribution in [2.24, 2.45) is 0 Å². The van der Waals surface area contributed by atoms with E-state index in [0.717, 1.165) is 11.1 Å². The number of carboxylic acid groups (broad SMARTS) is 1. The van der Waals surface area contributed by atoms with Gasteiger partial charge >= 0.3 is 5.97 Å². The minimum atomic E-state index is -1.22. The highest BCUT2D eigenvalue weighted by molar-refractivity contribution is 6.08. The molecule has 0 fully saturated rings. The lowest BCUT2D eigenvalue weighted by atomic mass is 10.0. The van der Waals surface area contributed by atoms with E-state index in [2.05, 4.69) is 5.32 Å². The number of aryl methyl sites for hydroxylation is 2. The van der Waals surface area contributed by atoms with Crippen LogP contribution in [0.5, 0.6) is 5.75 Å². The highest BCUT2D eigenvalue weighted by Crippen LogP contribution is 2.38. The first kappa shape index (κ1) is 19.4. The lowest BCUT2D eigenvalue weighted by Crippen LogP contribution is -2.54. The molecule has 0 atom stereocenters. The number of benzene rings is 2. The number of fused-ring (bicyclic) bond motifs is 1. The topological polar surface area (TPSA) is 95.9 Å². The molecule has 2 aromatic carbocycles. The van der Waals surface area contributed by atoms with Crippen LogP contribution in [0.1, 0.15) is 35.3 Å². The average molecular weight is 382 g/mol. The van der Waals surface area contributed by atoms with Crippen molar-refractivity contribution >= 4 is 29.2 Å². The van der Waals surface area contributed by atoms with Gasteiger partial charge in [-0.25, -0.2) is 4.79 Å². The Morgan fingerprint density at radius 2 is 1.86 bits per heavy atom. The van der Waals surface area contributed by atoms with E-state index in [9.17, 15) is 19.5 Å². The molecule has 7 heteroatoms. The quantitative estimate of drug-likeness (QED) is 0.847. The molecule has 146 valence electrons. The Bertz CT molecular complexity index is 981. The molecular weight excluding hydrogens is 360 g/mol. The number of anilines is 2. The van der Waals surface area contributed by atoms with E-state index in [1.54, 1.807) is 13.8 Å². The van der Waals surface area contributed by atoms with Crippen LogP contribution in [-0.2, 0) is 9.59 Å². The molecule has 0 spiro atoms. The van der Waals surface area contributed by atoms with Gasteiger partial charge in [-0.15, -0.1) is 0 Å². The molecule has 2 N–H and O–H groups in total. The number of carbonyl (C=O) groups is 3. The molecule has 0 bridgehead atoms. The van der Waals surface area contributed by atoms with Crippen molar-refractivity contribution in [3.05, 3.63) is 53.1 Å². The summed E-state index contributed by atoms with van der Waals surface area (Å²) in [6.07, 6.45) is 0. The van der Waals surface area contributed by atoms with E-state index in [1.165, 1.54) is 23.1 Å². The normalized spacial score (nSPS) is 14.9. The van der Waals surface area contributed by atoms with Crippen LogP contribution >= 0.6 is 0 Å². The molecular formula is C21H22N2O5. The third-order valence-electron chi connectivity index (χ3n) is 4.59. The first-order chi connectivity index (χ1) is 13.1. The Kier molecular flexibility index (Phi) is 4.85. The molecule has 1 aliphatic rings. The molecule has 0 aromatic heterocycles. The monoisotopic (exact) mass is 382 g/mol. The minimum Gasteiger partial charge on any atom is -0.478 e. The van der Waals surface area contributed by atoms with Gasteiger partial charge in [0.25, 0.3) is 5.91 Å². The maximum atomic E-state index is 12.8. The van der Waals surface area contributed by atoms with Crippen LogP contribution in [0.2, 0.25) is 0 Å². The number of ether oxygens (including phenoxy) is 1. The molecule has 1 heterocycles. The van der Waals surface area contributed by atoms with Crippen LogP contribution in [0.25, 0.3) is 0 Å². The van der Waals surface area contributed by atoms with Gasteiger partial charge in [0.05, 0.1) is 11.3 Å². The molecule has 3 rings (SSSR count). The summed E-state index contributed by atoms with van der Waals surface area (Å²) < 4.78 is 5.70. The molecule has 0 saturated heterocycles. The maximum Gasteiger partial charge on any atom is 0.335 e. The molecule has 2 amide bonds. The molecule has 0 unspecified atom stereocenters. The van der Waals surface area contributed by atoms with Crippen molar-refractivity contribution in [1.82, 2.24) is 0 Å². The van der Waals surface area contributed by atoms with Crippen LogP contribution in [-0.4, -0.2) is 35.0 Å². The predicted molar refractivity (Wildman–Crippen MR) is 105 cm³/mol. The van der Waals surface area contributed by atoms with E-state index in [1.807, 2.05) is 32.0 Å². The highest BCUT2D eigenvalue weighted by atomic mass is 16.5. The number of nitrogens with one attached hydrogen (secondary N) is 1. The van der Waals surface area contributed by atoms with Gasteiger partial charge in [-0.1, -0.05) is 12.1 Å². The minimum absolute atomic E-state index is 0.0451. The number of nitrogens with zero attached hydrogens (tertiary/aromatic N) is 1. The fraction of sp³-hybridized carbons (Fsp3) is 0.286. The van der Waals surface area contributed by atoms with Crippen molar-refractivity contribution in [2.45, 2.75) is 33.3 Å². The van der Waals surface area contributed by atoms with E-state index in [4.69, 9.17) is 4.74 Å². The lowest BCUT2D eigenvalue weighted by molar-refractivity contribution is -0.133. The number of amides is 2. The summed E-state index contributed by atoms with van der Waals surface area (Å²) in [4.78, 5) is 38.0. The Morgan fingerprint density at radius 3 is 2.54 bits per heavy atom. The zero-order valence-corrected chi connectivity index (χ0v) is 16.2. The molecule has 0 aliphatic carbocycles. The van der Waals surface area contributed by atoms with Crippen LogP contribution in [0.3, 0.4) is 0 Å². The summed E-state index contributed by atoms with van der Waals surface area (Å²) in [5, 5.41) is 12.0. The summed E-state index contributed by atoms with van der Waals surface area (Å²) in [6.45, 7) is 6.78. The van der Waals surface area contributed by atoms with Crippen LogP contribution in [0.4, 0.5) is 11.4 Å². The maximum absolute atomic E-state index is 12.8. The fourth-order valence-corrected chi connectivity index (χ4v) is 3.07. The Labute approximate surface area is 162 Å². The number of aromatic carboxylic acids is 1. The third-order valence-corrected chi connectivity index (χ3v) is 4.59. The van der Waals surface area contributed by atoms with E-state index in [0.29, 0.717) is 11.4 Å². The Balaban J connectivity index is 1.90. The summed E-state index contributed by atoms with van der Waals surface area (Å²) in [5.74, 6) is -1.57. The Hall–Kier alpha value is -3.35. The SMILES string of the molecule is Cc1ccc(C)c(NC(=O)CN2C(=O)C(C)(C)Oc3cc(C(=O)O)ccc32)c1. The second kappa shape index (κ2) is 6.99. The van der Waals surface area contributed by atoms with Crippen LogP contribution < -0.4 is 15.0 Å². The molecule has 0 saturated carbocycles. The van der Waals surface area contributed by atoms with Gasteiger partial charge in [-0.3, -0.25) is 14.5 Å². The van der Waals surface area contributed by atoms with E-state index >= 15 is 0 Å². The number of carbonyl (C=O) groups excluding carboxylic acids is 2. The smallest absolute Gasteiger partial charge is 0.335 e. The van der Waals surface area contributed by atoms with Crippen LogP contribution in [0, 0.1) is 13.8 Å². The van der Waals surface area contributed by atoms with Gasteiger partial charge in [0.15, 0.2) is 5.60 Å². The van der Waals surface area contributed by atoms with Crippen molar-refractivity contribution in [2.75, 3.05) is 16.8 Å². The van der Waals surface area contributed by atoms with Crippen molar-refractivity contribution in [3.63, 3.8) is 0 Å². The van der Waals surface area contributed by atoms with Crippen molar-refractivity contribution < 1.29 is 24.2 Å². The standard InChI is InChI=1S/C21H22N2O5/c1-12-5-6-13(2)15(9-12)22-18(24)11-23-16-8-7-14(19(25)26)10-17(16)28-21(3,4)20(23)27/h5-10H,11H2,1-4H3,(H,22,24)(H,25,26). The van der Waals surface area contributed by atoms with Gasteiger partial charge in [0.1, 0.15) is 12.3 Å². The van der Waals surface area contributed by atoms with Crippen molar-refractivity contribution in [1.29, 1.82) is 0 Å². The second-order valence-electron chi connectivity index (χ2n) is 7.36. The third kappa shape index (κ3) is 3.69. The van der Waals surface area contributed by atoms with Gasteiger partial charge in [-0.05, 0) is 63.1 Å². The zero-order chi connectivity index (χ0) is 20.6. The zero-order valence-electron chi connectivity index (χ0n) is 16.2. The van der Waals surface area contributed by atoms with Gasteiger partial charge in [0, 0.05) is 5.69 Å². The molecule has 0 radical (unpaired) electrons.